The lowest BCUT2D eigenvalue weighted by atomic mass is 10.1. The van der Waals surface area contributed by atoms with Crippen LogP contribution in [0.25, 0.3) is 0 Å². The minimum absolute atomic E-state index is 0.143. The zero-order valence-electron chi connectivity index (χ0n) is 12.7. The van der Waals surface area contributed by atoms with Gasteiger partial charge in [0.25, 0.3) is 0 Å². The molecule has 118 valence electrons. The molecule has 5 nitrogen and oxygen atoms in total. The number of nitrogens with two attached hydrogens (primary N) is 1. The molecule has 0 saturated heterocycles. The number of carbonyl (C=O) groups is 1. The van der Waals surface area contributed by atoms with E-state index < -0.39 is 0 Å². The standard InChI is InChI=1S/C15H23ClN2O3/c1-15(2,20-3)7-9-21-8-6-14(19)18-13-5-4-11(16)10-12(13)17/h4-5,10H,6-9,17H2,1-3H3,(H,18,19). The van der Waals surface area contributed by atoms with Crippen LogP contribution in [0.15, 0.2) is 18.2 Å². The summed E-state index contributed by atoms with van der Waals surface area (Å²) in [5.74, 6) is -0.143. The fourth-order valence-corrected chi connectivity index (χ4v) is 1.73. The first-order valence-electron chi connectivity index (χ1n) is 6.82. The Balaban J connectivity index is 2.26. The SMILES string of the molecule is COC(C)(C)CCOCCC(=O)Nc1ccc(Cl)cc1N. The number of amides is 1. The molecule has 0 saturated carbocycles. The number of rotatable bonds is 8. The van der Waals surface area contributed by atoms with E-state index in [0.717, 1.165) is 6.42 Å². The monoisotopic (exact) mass is 314 g/mol. The number of halogens is 1. The van der Waals surface area contributed by atoms with E-state index in [9.17, 15) is 4.79 Å². The number of methoxy groups -OCH3 is 1. The van der Waals surface area contributed by atoms with Gasteiger partial charge in [-0.1, -0.05) is 11.6 Å². The first kappa shape index (κ1) is 17.8. The fourth-order valence-electron chi connectivity index (χ4n) is 1.55. The predicted molar refractivity (Wildman–Crippen MR) is 85.6 cm³/mol. The van der Waals surface area contributed by atoms with Gasteiger partial charge in [0, 0.05) is 18.7 Å². The lowest BCUT2D eigenvalue weighted by Gasteiger charge is -2.22. The van der Waals surface area contributed by atoms with E-state index >= 15 is 0 Å². The Labute approximate surface area is 130 Å². The van der Waals surface area contributed by atoms with E-state index in [4.69, 9.17) is 26.8 Å². The van der Waals surface area contributed by atoms with Crippen LogP contribution in [-0.4, -0.2) is 31.8 Å². The van der Waals surface area contributed by atoms with E-state index in [-0.39, 0.29) is 17.9 Å². The van der Waals surface area contributed by atoms with Gasteiger partial charge in [-0.2, -0.15) is 0 Å². The zero-order chi connectivity index (χ0) is 15.9. The number of ether oxygens (including phenoxy) is 2. The smallest absolute Gasteiger partial charge is 0.226 e. The summed E-state index contributed by atoms with van der Waals surface area (Å²) in [7, 11) is 1.67. The number of hydrogen-bond acceptors (Lipinski definition) is 4. The third-order valence-corrected chi connectivity index (χ3v) is 3.40. The van der Waals surface area contributed by atoms with Crippen LogP contribution < -0.4 is 11.1 Å². The van der Waals surface area contributed by atoms with Crippen molar-refractivity contribution in [3.63, 3.8) is 0 Å². The molecule has 0 aliphatic heterocycles. The average Bonchev–Trinajstić information content (AvgIpc) is 2.41. The van der Waals surface area contributed by atoms with E-state index in [2.05, 4.69) is 5.32 Å². The molecule has 0 spiro atoms. The van der Waals surface area contributed by atoms with Crippen molar-refractivity contribution < 1.29 is 14.3 Å². The molecule has 1 aromatic carbocycles. The molecule has 0 radical (unpaired) electrons. The number of benzene rings is 1. The Morgan fingerprint density at radius 3 is 2.71 bits per heavy atom. The van der Waals surface area contributed by atoms with Crippen molar-refractivity contribution in [3.05, 3.63) is 23.2 Å². The highest BCUT2D eigenvalue weighted by molar-refractivity contribution is 6.31. The van der Waals surface area contributed by atoms with Crippen molar-refractivity contribution >= 4 is 28.9 Å². The maximum Gasteiger partial charge on any atom is 0.226 e. The van der Waals surface area contributed by atoms with Crippen LogP contribution in [0.4, 0.5) is 11.4 Å². The molecule has 0 aliphatic carbocycles. The predicted octanol–water partition coefficient (Wildman–Crippen LogP) is 3.08. The van der Waals surface area contributed by atoms with Gasteiger partial charge in [0.05, 0.1) is 30.0 Å². The molecule has 3 N–H and O–H groups in total. The Kier molecular flexibility index (Phi) is 6.95. The second kappa shape index (κ2) is 8.22. The quantitative estimate of drug-likeness (QED) is 0.571. The maximum absolute atomic E-state index is 11.8. The number of nitrogen functional groups attached to an aromatic ring is 1. The van der Waals surface area contributed by atoms with Gasteiger partial charge >= 0.3 is 0 Å². The summed E-state index contributed by atoms with van der Waals surface area (Å²) in [5.41, 5.74) is 6.56. The average molecular weight is 315 g/mol. The topological polar surface area (TPSA) is 73.6 Å². The van der Waals surface area contributed by atoms with Crippen molar-refractivity contribution in [2.75, 3.05) is 31.4 Å². The molecule has 0 atom stereocenters. The summed E-state index contributed by atoms with van der Waals surface area (Å²) >= 11 is 5.80. The molecule has 0 fully saturated rings. The van der Waals surface area contributed by atoms with Gasteiger partial charge in [-0.15, -0.1) is 0 Å². The summed E-state index contributed by atoms with van der Waals surface area (Å²) in [6.07, 6.45) is 1.05. The van der Waals surface area contributed by atoms with Crippen LogP contribution in [0.3, 0.4) is 0 Å². The van der Waals surface area contributed by atoms with Crippen LogP contribution >= 0.6 is 11.6 Å². The van der Waals surface area contributed by atoms with Gasteiger partial charge in [0.1, 0.15) is 0 Å². The first-order valence-corrected chi connectivity index (χ1v) is 7.19. The fraction of sp³-hybridized carbons (Fsp3) is 0.533. The highest BCUT2D eigenvalue weighted by Gasteiger charge is 2.15. The second-order valence-corrected chi connectivity index (χ2v) is 5.79. The summed E-state index contributed by atoms with van der Waals surface area (Å²) in [6, 6.07) is 4.95. The van der Waals surface area contributed by atoms with Gasteiger partial charge in [0.15, 0.2) is 0 Å². The van der Waals surface area contributed by atoms with Crippen molar-refractivity contribution in [2.45, 2.75) is 32.3 Å². The van der Waals surface area contributed by atoms with Gasteiger partial charge in [-0.3, -0.25) is 4.79 Å². The molecule has 0 aliphatic rings. The summed E-state index contributed by atoms with van der Waals surface area (Å²) in [5, 5.41) is 3.27. The number of hydrogen-bond donors (Lipinski definition) is 2. The Morgan fingerprint density at radius 1 is 1.38 bits per heavy atom. The highest BCUT2D eigenvalue weighted by atomic mass is 35.5. The number of anilines is 2. The minimum Gasteiger partial charge on any atom is -0.397 e. The van der Waals surface area contributed by atoms with Gasteiger partial charge in [0.2, 0.25) is 5.91 Å². The molecule has 0 unspecified atom stereocenters. The Bertz CT molecular complexity index is 478. The van der Waals surface area contributed by atoms with Crippen molar-refractivity contribution in [1.29, 1.82) is 0 Å². The largest absolute Gasteiger partial charge is 0.397 e. The normalized spacial score (nSPS) is 11.4. The molecule has 6 heteroatoms. The molecule has 1 rings (SSSR count). The lowest BCUT2D eigenvalue weighted by molar-refractivity contribution is -0.117. The first-order chi connectivity index (χ1) is 9.84. The molecule has 1 aromatic rings. The van der Waals surface area contributed by atoms with Gasteiger partial charge < -0.3 is 20.5 Å². The third kappa shape index (κ3) is 6.80. The van der Waals surface area contributed by atoms with E-state index in [1.807, 2.05) is 13.8 Å². The van der Waals surface area contributed by atoms with Crippen LogP contribution in [0.5, 0.6) is 0 Å². The van der Waals surface area contributed by atoms with E-state index in [0.29, 0.717) is 29.6 Å². The molecule has 1 amide bonds. The van der Waals surface area contributed by atoms with Crippen molar-refractivity contribution in [3.8, 4) is 0 Å². The molecular weight excluding hydrogens is 292 g/mol. The van der Waals surface area contributed by atoms with Crippen LogP contribution in [-0.2, 0) is 14.3 Å². The van der Waals surface area contributed by atoms with Crippen molar-refractivity contribution in [2.24, 2.45) is 0 Å². The second-order valence-electron chi connectivity index (χ2n) is 5.36. The molecule has 0 bridgehead atoms. The molecule has 21 heavy (non-hydrogen) atoms. The number of carbonyl (C=O) groups excluding carboxylic acids is 1. The third-order valence-electron chi connectivity index (χ3n) is 3.16. The zero-order valence-corrected chi connectivity index (χ0v) is 13.5. The minimum atomic E-state index is -0.208. The number of nitrogens with one attached hydrogen (secondary N) is 1. The summed E-state index contributed by atoms with van der Waals surface area (Å²) in [4.78, 5) is 11.8. The highest BCUT2D eigenvalue weighted by Crippen LogP contribution is 2.22. The van der Waals surface area contributed by atoms with E-state index in [1.54, 1.807) is 25.3 Å². The van der Waals surface area contributed by atoms with Crippen LogP contribution in [0.1, 0.15) is 26.7 Å². The maximum atomic E-state index is 11.8. The Hall–Kier alpha value is -1.30. The lowest BCUT2D eigenvalue weighted by Crippen LogP contribution is -2.24. The molecular formula is C15H23ClN2O3. The van der Waals surface area contributed by atoms with Crippen LogP contribution in [0.2, 0.25) is 5.02 Å². The van der Waals surface area contributed by atoms with Crippen molar-refractivity contribution in [1.82, 2.24) is 0 Å². The Morgan fingerprint density at radius 2 is 2.10 bits per heavy atom. The van der Waals surface area contributed by atoms with Gasteiger partial charge in [-0.25, -0.2) is 0 Å². The summed E-state index contributed by atoms with van der Waals surface area (Å²) in [6.45, 7) is 4.90. The van der Waals surface area contributed by atoms with Gasteiger partial charge in [-0.05, 0) is 38.5 Å². The van der Waals surface area contributed by atoms with E-state index in [1.165, 1.54) is 0 Å². The molecule has 0 aromatic heterocycles. The molecule has 0 heterocycles. The summed E-state index contributed by atoms with van der Waals surface area (Å²) < 4.78 is 10.7. The van der Waals surface area contributed by atoms with Crippen LogP contribution in [0, 0.1) is 0 Å².